The van der Waals surface area contributed by atoms with Gasteiger partial charge in [0.2, 0.25) is 5.91 Å². The molecule has 3 rings (SSSR count). The Balaban J connectivity index is 1.79. The first-order valence-electron chi connectivity index (χ1n) is 7.92. The molecule has 2 heterocycles. The van der Waals surface area contributed by atoms with Crippen LogP contribution in [0.5, 0.6) is 0 Å². The minimum atomic E-state index is -0.358. The van der Waals surface area contributed by atoms with E-state index in [0.717, 1.165) is 24.3 Å². The van der Waals surface area contributed by atoms with Crippen LogP contribution in [0.1, 0.15) is 11.6 Å². The van der Waals surface area contributed by atoms with Crippen LogP contribution in [-0.4, -0.2) is 53.1 Å². The molecular formula is C17H22N4O2S. The van der Waals surface area contributed by atoms with Crippen LogP contribution in [0, 0.1) is 0 Å². The van der Waals surface area contributed by atoms with Gasteiger partial charge < -0.3 is 10.1 Å². The second-order valence-corrected chi connectivity index (χ2v) is 6.60. The van der Waals surface area contributed by atoms with E-state index in [1.165, 1.54) is 4.90 Å². The first-order valence-corrected chi connectivity index (χ1v) is 9.15. The number of nitrogens with zero attached hydrogens (tertiary/aromatic N) is 3. The molecule has 1 saturated heterocycles. The highest BCUT2D eigenvalue weighted by Crippen LogP contribution is 2.24. The van der Waals surface area contributed by atoms with Crippen molar-refractivity contribution in [1.29, 1.82) is 0 Å². The molecule has 1 fully saturated rings. The third kappa shape index (κ3) is 3.98. The number of hydrogen-bond acceptors (Lipinski definition) is 5. The molecule has 1 aromatic heterocycles. The number of amides is 1. The molecule has 2 aromatic rings. The molecule has 0 unspecified atom stereocenters. The summed E-state index contributed by atoms with van der Waals surface area (Å²) in [5.74, 6) is -0.0400. The minimum Gasteiger partial charge on any atom is -0.379 e. The molecule has 1 aliphatic heterocycles. The van der Waals surface area contributed by atoms with Crippen molar-refractivity contribution in [3.63, 3.8) is 0 Å². The SMILES string of the molecule is CSc1ccc(NC(=O)[C@H](c2cnn(C)c2)N2CCOCC2)cc1. The highest BCUT2D eigenvalue weighted by atomic mass is 32.2. The molecule has 1 N–H and O–H groups in total. The van der Waals surface area contributed by atoms with Gasteiger partial charge in [-0.05, 0) is 30.5 Å². The van der Waals surface area contributed by atoms with Crippen molar-refractivity contribution in [2.75, 3.05) is 37.9 Å². The van der Waals surface area contributed by atoms with Crippen molar-refractivity contribution in [1.82, 2.24) is 14.7 Å². The van der Waals surface area contributed by atoms with E-state index < -0.39 is 0 Å². The fourth-order valence-electron chi connectivity index (χ4n) is 2.83. The molecule has 24 heavy (non-hydrogen) atoms. The van der Waals surface area contributed by atoms with Crippen LogP contribution in [0.4, 0.5) is 5.69 Å². The number of carbonyl (C=O) groups is 1. The number of carbonyl (C=O) groups excluding carboxylic acids is 1. The van der Waals surface area contributed by atoms with Crippen LogP contribution >= 0.6 is 11.8 Å². The lowest BCUT2D eigenvalue weighted by Crippen LogP contribution is -2.43. The quantitative estimate of drug-likeness (QED) is 0.841. The number of thioether (sulfide) groups is 1. The predicted octanol–water partition coefficient (Wildman–Crippen LogP) is 2.15. The van der Waals surface area contributed by atoms with E-state index >= 15 is 0 Å². The highest BCUT2D eigenvalue weighted by molar-refractivity contribution is 7.98. The molecule has 0 bridgehead atoms. The number of nitrogens with one attached hydrogen (secondary N) is 1. The molecule has 6 nitrogen and oxygen atoms in total. The van der Waals surface area contributed by atoms with Crippen LogP contribution in [0.15, 0.2) is 41.6 Å². The van der Waals surface area contributed by atoms with E-state index in [-0.39, 0.29) is 11.9 Å². The standard InChI is InChI=1S/C17H22N4O2S/c1-20-12-13(11-18-20)16(21-7-9-23-10-8-21)17(22)19-14-3-5-15(24-2)6-4-14/h3-6,11-12,16H,7-10H2,1-2H3,(H,19,22)/t16-/m0/s1. The highest BCUT2D eigenvalue weighted by Gasteiger charge is 2.30. The Labute approximate surface area is 146 Å². The summed E-state index contributed by atoms with van der Waals surface area (Å²) in [7, 11) is 1.86. The largest absolute Gasteiger partial charge is 0.379 e. The van der Waals surface area contributed by atoms with E-state index in [1.807, 2.05) is 43.8 Å². The van der Waals surface area contributed by atoms with Gasteiger partial charge in [-0.2, -0.15) is 5.10 Å². The summed E-state index contributed by atoms with van der Waals surface area (Å²) >= 11 is 1.68. The Kier molecular flexibility index (Phi) is 5.55. The van der Waals surface area contributed by atoms with Crippen molar-refractivity contribution in [3.05, 3.63) is 42.2 Å². The zero-order chi connectivity index (χ0) is 16.9. The summed E-state index contributed by atoms with van der Waals surface area (Å²) in [5.41, 5.74) is 1.71. The van der Waals surface area contributed by atoms with Gasteiger partial charge in [-0.15, -0.1) is 11.8 Å². The fourth-order valence-corrected chi connectivity index (χ4v) is 3.24. The van der Waals surface area contributed by atoms with E-state index in [1.54, 1.807) is 22.6 Å². The fraction of sp³-hybridized carbons (Fsp3) is 0.412. The minimum absolute atomic E-state index is 0.0400. The van der Waals surface area contributed by atoms with Gasteiger partial charge in [0.15, 0.2) is 0 Å². The molecule has 0 aliphatic carbocycles. The molecule has 1 atom stereocenters. The molecule has 1 aromatic carbocycles. The number of ether oxygens (including phenoxy) is 1. The Bertz CT molecular complexity index is 680. The van der Waals surface area contributed by atoms with Gasteiger partial charge in [0, 0.05) is 42.5 Å². The Hall–Kier alpha value is -1.83. The molecule has 7 heteroatoms. The van der Waals surface area contributed by atoms with Gasteiger partial charge in [0.05, 0.1) is 19.4 Å². The van der Waals surface area contributed by atoms with Crippen LogP contribution < -0.4 is 5.32 Å². The first kappa shape index (κ1) is 17.0. The Morgan fingerprint density at radius 3 is 2.58 bits per heavy atom. The summed E-state index contributed by atoms with van der Waals surface area (Å²) in [6.07, 6.45) is 5.69. The van der Waals surface area contributed by atoms with Crippen LogP contribution in [0.3, 0.4) is 0 Å². The van der Waals surface area contributed by atoms with Crippen LogP contribution in [0.25, 0.3) is 0 Å². The molecule has 1 amide bonds. The number of morpholine rings is 1. The molecule has 0 radical (unpaired) electrons. The first-order chi connectivity index (χ1) is 11.7. The number of aryl methyl sites for hydroxylation is 1. The summed E-state index contributed by atoms with van der Waals surface area (Å²) in [5, 5.41) is 7.25. The maximum atomic E-state index is 12.9. The van der Waals surface area contributed by atoms with Crippen LogP contribution in [-0.2, 0) is 16.6 Å². The van der Waals surface area contributed by atoms with Gasteiger partial charge in [-0.3, -0.25) is 14.4 Å². The Morgan fingerprint density at radius 1 is 1.29 bits per heavy atom. The molecular weight excluding hydrogens is 324 g/mol. The summed E-state index contributed by atoms with van der Waals surface area (Å²) < 4.78 is 7.14. The normalized spacial score (nSPS) is 16.8. The van der Waals surface area contributed by atoms with Crippen molar-refractivity contribution in [2.24, 2.45) is 7.05 Å². The van der Waals surface area contributed by atoms with Gasteiger partial charge in [-0.1, -0.05) is 0 Å². The number of benzene rings is 1. The maximum absolute atomic E-state index is 12.9. The average molecular weight is 346 g/mol. The van der Waals surface area contributed by atoms with E-state index in [2.05, 4.69) is 15.3 Å². The van der Waals surface area contributed by atoms with Gasteiger partial charge in [0.1, 0.15) is 6.04 Å². The summed E-state index contributed by atoms with van der Waals surface area (Å²) in [6.45, 7) is 2.76. The zero-order valence-corrected chi connectivity index (χ0v) is 14.8. The molecule has 128 valence electrons. The van der Waals surface area contributed by atoms with Crippen LogP contribution in [0.2, 0.25) is 0 Å². The lowest BCUT2D eigenvalue weighted by atomic mass is 10.1. The van der Waals surface area contributed by atoms with Crippen molar-refractivity contribution in [2.45, 2.75) is 10.9 Å². The zero-order valence-electron chi connectivity index (χ0n) is 13.9. The topological polar surface area (TPSA) is 59.4 Å². The number of hydrogen-bond donors (Lipinski definition) is 1. The average Bonchev–Trinajstić information content (AvgIpc) is 3.02. The smallest absolute Gasteiger partial charge is 0.246 e. The van der Waals surface area contributed by atoms with E-state index in [4.69, 9.17) is 4.74 Å². The lowest BCUT2D eigenvalue weighted by molar-refractivity contribution is -0.123. The second-order valence-electron chi connectivity index (χ2n) is 5.72. The monoisotopic (exact) mass is 346 g/mol. The lowest BCUT2D eigenvalue weighted by Gasteiger charge is -2.33. The summed E-state index contributed by atoms with van der Waals surface area (Å²) in [6, 6.07) is 7.53. The van der Waals surface area contributed by atoms with E-state index in [0.29, 0.717) is 13.2 Å². The third-order valence-corrected chi connectivity index (χ3v) is 4.80. The molecule has 0 spiro atoms. The van der Waals surface area contributed by atoms with Gasteiger partial charge in [-0.25, -0.2) is 0 Å². The van der Waals surface area contributed by atoms with Crippen molar-refractivity contribution < 1.29 is 9.53 Å². The number of anilines is 1. The van der Waals surface area contributed by atoms with Gasteiger partial charge >= 0.3 is 0 Å². The number of aromatic nitrogens is 2. The molecule has 0 saturated carbocycles. The van der Waals surface area contributed by atoms with Crippen molar-refractivity contribution >= 4 is 23.4 Å². The molecule has 1 aliphatic rings. The third-order valence-electron chi connectivity index (χ3n) is 4.06. The maximum Gasteiger partial charge on any atom is 0.246 e. The van der Waals surface area contributed by atoms with Gasteiger partial charge in [0.25, 0.3) is 0 Å². The Morgan fingerprint density at radius 2 is 2.00 bits per heavy atom. The number of rotatable bonds is 5. The summed E-state index contributed by atoms with van der Waals surface area (Å²) in [4.78, 5) is 16.3. The van der Waals surface area contributed by atoms with Crippen molar-refractivity contribution in [3.8, 4) is 0 Å². The second kappa shape index (κ2) is 7.83. The van der Waals surface area contributed by atoms with E-state index in [9.17, 15) is 4.79 Å². The predicted molar refractivity (Wildman–Crippen MR) is 95.2 cm³/mol.